The smallest absolute Gasteiger partial charge is 0.0587 e. The lowest BCUT2D eigenvalue weighted by Crippen LogP contribution is -2.53. The van der Waals surface area contributed by atoms with Crippen molar-refractivity contribution in [2.45, 2.75) is 31.7 Å². The Labute approximate surface area is 81.0 Å². The molecule has 3 heteroatoms. The Bertz CT molecular complexity index is 142. The molecule has 0 aliphatic heterocycles. The van der Waals surface area contributed by atoms with Gasteiger partial charge in [0.2, 0.25) is 0 Å². The first-order valence-corrected chi connectivity index (χ1v) is 5.23. The summed E-state index contributed by atoms with van der Waals surface area (Å²) in [6, 6.07) is 0. The Balaban J connectivity index is 2.35. The molecule has 0 bridgehead atoms. The maximum atomic E-state index is 5.84. The van der Waals surface area contributed by atoms with Crippen molar-refractivity contribution in [3.05, 3.63) is 0 Å². The third-order valence-electron chi connectivity index (χ3n) is 3.14. The molecule has 1 saturated carbocycles. The highest BCUT2D eigenvalue weighted by atomic mass is 16.5. The summed E-state index contributed by atoms with van der Waals surface area (Å²) in [5, 5.41) is 3.55. The molecule has 0 amide bonds. The van der Waals surface area contributed by atoms with Crippen LogP contribution < -0.4 is 11.1 Å². The monoisotopic (exact) mass is 186 g/mol. The van der Waals surface area contributed by atoms with Crippen molar-refractivity contribution in [2.75, 3.05) is 26.8 Å². The Morgan fingerprint density at radius 1 is 1.54 bits per heavy atom. The number of nitrogens with two attached hydrogens (primary N) is 1. The minimum Gasteiger partial charge on any atom is -0.383 e. The summed E-state index contributed by atoms with van der Waals surface area (Å²) in [6.45, 7) is 4.65. The van der Waals surface area contributed by atoms with E-state index >= 15 is 0 Å². The van der Waals surface area contributed by atoms with Crippen LogP contribution in [0.1, 0.15) is 26.2 Å². The van der Waals surface area contributed by atoms with Gasteiger partial charge in [-0.05, 0) is 25.2 Å². The maximum absolute atomic E-state index is 5.84. The standard InChI is InChI=1S/C10H22N2O/c1-3-10(8-11,9-4-5-9)12-6-7-13-2/h9,12H,3-8,11H2,1-2H3. The first-order valence-electron chi connectivity index (χ1n) is 5.23. The summed E-state index contributed by atoms with van der Waals surface area (Å²) in [7, 11) is 1.73. The maximum Gasteiger partial charge on any atom is 0.0587 e. The SMILES string of the molecule is CCC(CN)(NCCOC)C1CC1. The van der Waals surface area contributed by atoms with Gasteiger partial charge in [-0.15, -0.1) is 0 Å². The van der Waals surface area contributed by atoms with Crippen LogP contribution in [-0.4, -0.2) is 32.3 Å². The van der Waals surface area contributed by atoms with Crippen LogP contribution >= 0.6 is 0 Å². The van der Waals surface area contributed by atoms with Gasteiger partial charge in [-0.3, -0.25) is 0 Å². The fourth-order valence-corrected chi connectivity index (χ4v) is 1.98. The molecule has 1 unspecified atom stereocenters. The van der Waals surface area contributed by atoms with Gasteiger partial charge >= 0.3 is 0 Å². The molecule has 0 heterocycles. The molecule has 1 aliphatic carbocycles. The van der Waals surface area contributed by atoms with Crippen molar-refractivity contribution in [1.82, 2.24) is 5.32 Å². The van der Waals surface area contributed by atoms with Crippen molar-refractivity contribution >= 4 is 0 Å². The largest absolute Gasteiger partial charge is 0.383 e. The van der Waals surface area contributed by atoms with Gasteiger partial charge in [0.15, 0.2) is 0 Å². The van der Waals surface area contributed by atoms with Crippen LogP contribution in [0.15, 0.2) is 0 Å². The molecule has 0 spiro atoms. The van der Waals surface area contributed by atoms with E-state index < -0.39 is 0 Å². The minimum atomic E-state index is 0.193. The molecule has 0 saturated heterocycles. The number of methoxy groups -OCH3 is 1. The summed E-state index contributed by atoms with van der Waals surface area (Å²) in [5.74, 6) is 0.805. The normalized spacial score (nSPS) is 21.5. The van der Waals surface area contributed by atoms with Gasteiger partial charge in [-0.2, -0.15) is 0 Å². The molecule has 78 valence electrons. The second-order valence-electron chi connectivity index (χ2n) is 3.91. The highest BCUT2D eigenvalue weighted by molar-refractivity contribution is 5.00. The van der Waals surface area contributed by atoms with Gasteiger partial charge in [-0.1, -0.05) is 6.92 Å². The molecule has 1 fully saturated rings. The van der Waals surface area contributed by atoms with E-state index in [9.17, 15) is 0 Å². The third-order valence-corrected chi connectivity index (χ3v) is 3.14. The molecular formula is C10H22N2O. The van der Waals surface area contributed by atoms with Crippen molar-refractivity contribution in [1.29, 1.82) is 0 Å². The summed E-state index contributed by atoms with van der Waals surface area (Å²) >= 11 is 0. The van der Waals surface area contributed by atoms with E-state index in [2.05, 4.69) is 12.2 Å². The lowest BCUT2D eigenvalue weighted by atomic mass is 9.90. The van der Waals surface area contributed by atoms with E-state index in [1.807, 2.05) is 0 Å². The van der Waals surface area contributed by atoms with E-state index in [0.717, 1.165) is 32.0 Å². The van der Waals surface area contributed by atoms with Gasteiger partial charge in [0.1, 0.15) is 0 Å². The summed E-state index contributed by atoms with van der Waals surface area (Å²) in [5.41, 5.74) is 6.03. The van der Waals surface area contributed by atoms with Crippen molar-refractivity contribution < 1.29 is 4.74 Å². The zero-order valence-corrected chi connectivity index (χ0v) is 8.81. The Hall–Kier alpha value is -0.120. The number of rotatable bonds is 7. The minimum absolute atomic E-state index is 0.193. The van der Waals surface area contributed by atoms with Gasteiger partial charge in [0.25, 0.3) is 0 Å². The van der Waals surface area contributed by atoms with E-state index in [0.29, 0.717) is 0 Å². The highest BCUT2D eigenvalue weighted by Gasteiger charge is 2.42. The number of nitrogens with one attached hydrogen (secondary N) is 1. The summed E-state index contributed by atoms with van der Waals surface area (Å²) in [4.78, 5) is 0. The fraction of sp³-hybridized carbons (Fsp3) is 1.00. The van der Waals surface area contributed by atoms with E-state index in [-0.39, 0.29) is 5.54 Å². The molecule has 0 radical (unpaired) electrons. The molecule has 1 atom stereocenters. The molecule has 0 aromatic rings. The van der Waals surface area contributed by atoms with E-state index in [4.69, 9.17) is 10.5 Å². The molecule has 3 N–H and O–H groups in total. The molecule has 3 nitrogen and oxygen atoms in total. The molecule has 0 aromatic heterocycles. The predicted octanol–water partition coefficient (Wildman–Crippen LogP) is 0.740. The topological polar surface area (TPSA) is 47.3 Å². The highest BCUT2D eigenvalue weighted by Crippen LogP contribution is 2.40. The average molecular weight is 186 g/mol. The number of ether oxygens (including phenoxy) is 1. The molecule has 1 rings (SSSR count). The van der Waals surface area contributed by atoms with Gasteiger partial charge in [-0.25, -0.2) is 0 Å². The van der Waals surface area contributed by atoms with E-state index in [1.165, 1.54) is 12.8 Å². The molecule has 13 heavy (non-hydrogen) atoms. The Morgan fingerprint density at radius 2 is 2.23 bits per heavy atom. The third kappa shape index (κ3) is 2.66. The van der Waals surface area contributed by atoms with Crippen LogP contribution in [0.25, 0.3) is 0 Å². The zero-order chi connectivity index (χ0) is 9.73. The quantitative estimate of drug-likeness (QED) is 0.577. The van der Waals surface area contributed by atoms with Gasteiger partial charge in [0, 0.05) is 25.7 Å². The van der Waals surface area contributed by atoms with Crippen LogP contribution in [-0.2, 0) is 4.74 Å². The van der Waals surface area contributed by atoms with Crippen molar-refractivity contribution in [3.8, 4) is 0 Å². The molecular weight excluding hydrogens is 164 g/mol. The fourth-order valence-electron chi connectivity index (χ4n) is 1.98. The summed E-state index contributed by atoms with van der Waals surface area (Å²) < 4.78 is 5.02. The van der Waals surface area contributed by atoms with Crippen LogP contribution in [0.2, 0.25) is 0 Å². The molecule has 0 aromatic carbocycles. The van der Waals surface area contributed by atoms with Gasteiger partial charge < -0.3 is 15.8 Å². The van der Waals surface area contributed by atoms with E-state index in [1.54, 1.807) is 7.11 Å². The number of hydrogen-bond acceptors (Lipinski definition) is 3. The average Bonchev–Trinajstić information content (AvgIpc) is 2.97. The van der Waals surface area contributed by atoms with Crippen LogP contribution in [0, 0.1) is 5.92 Å². The predicted molar refractivity (Wildman–Crippen MR) is 54.7 cm³/mol. The van der Waals surface area contributed by atoms with Crippen LogP contribution in [0.5, 0.6) is 0 Å². The zero-order valence-electron chi connectivity index (χ0n) is 8.81. The summed E-state index contributed by atoms with van der Waals surface area (Å²) in [6.07, 6.45) is 3.80. The van der Waals surface area contributed by atoms with Crippen LogP contribution in [0.3, 0.4) is 0 Å². The Morgan fingerprint density at radius 3 is 2.62 bits per heavy atom. The second kappa shape index (κ2) is 4.94. The first-order chi connectivity index (χ1) is 6.29. The lowest BCUT2D eigenvalue weighted by molar-refractivity contribution is 0.176. The first kappa shape index (κ1) is 11.0. The second-order valence-corrected chi connectivity index (χ2v) is 3.91. The van der Waals surface area contributed by atoms with Crippen LogP contribution in [0.4, 0.5) is 0 Å². The Kier molecular flexibility index (Phi) is 4.16. The van der Waals surface area contributed by atoms with Crippen molar-refractivity contribution in [3.63, 3.8) is 0 Å². The molecule has 1 aliphatic rings. The number of hydrogen-bond donors (Lipinski definition) is 2. The lowest BCUT2D eigenvalue weighted by Gasteiger charge is -2.33. The van der Waals surface area contributed by atoms with Crippen molar-refractivity contribution in [2.24, 2.45) is 11.7 Å². The van der Waals surface area contributed by atoms with Gasteiger partial charge in [0.05, 0.1) is 6.61 Å².